The Labute approximate surface area is 252 Å². The van der Waals surface area contributed by atoms with E-state index in [1.807, 2.05) is 0 Å². The minimum Gasteiger partial charge on any atom is -0.391 e. The van der Waals surface area contributed by atoms with Crippen molar-refractivity contribution in [3.8, 4) is 0 Å². The molecule has 0 aliphatic carbocycles. The third kappa shape index (κ3) is 39.4. The largest absolute Gasteiger partial charge is 1.00 e. The number of nitrogens with zero attached hydrogens (tertiary/aromatic N) is 6. The van der Waals surface area contributed by atoms with E-state index in [1.54, 1.807) is 7.11 Å². The Morgan fingerprint density at radius 3 is 1.49 bits per heavy atom. The van der Waals surface area contributed by atoms with Crippen LogP contribution in [0, 0.1) is 0 Å². The van der Waals surface area contributed by atoms with Gasteiger partial charge in [-0.15, -0.1) is 0 Å². The third-order valence-electron chi connectivity index (χ3n) is 4.37. The Balaban J connectivity index is -0.000000594. The van der Waals surface area contributed by atoms with Crippen molar-refractivity contribution in [1.29, 1.82) is 0 Å². The van der Waals surface area contributed by atoms with Crippen LogP contribution in [-0.4, -0.2) is 133 Å². The van der Waals surface area contributed by atoms with Gasteiger partial charge in [-0.05, 0) is 31.2 Å². The van der Waals surface area contributed by atoms with Gasteiger partial charge >= 0.3 is 29.6 Å². The molecule has 0 bridgehead atoms. The second kappa shape index (κ2) is 35.2. The van der Waals surface area contributed by atoms with Crippen molar-refractivity contribution in [2.75, 3.05) is 93.4 Å². The van der Waals surface area contributed by atoms with Gasteiger partial charge in [0.1, 0.15) is 18.3 Å². The van der Waals surface area contributed by atoms with Gasteiger partial charge in [-0.3, -0.25) is 4.91 Å². The van der Waals surface area contributed by atoms with Gasteiger partial charge in [0, 0.05) is 45.6 Å². The molecule has 1 heterocycles. The quantitative estimate of drug-likeness (QED) is 0.0302. The average Bonchev–Trinajstić information content (AvgIpc) is 3.71. The van der Waals surface area contributed by atoms with Gasteiger partial charge in [-0.1, -0.05) is 5.11 Å². The maximum absolute atomic E-state index is 9.29. The molecular formula is C22H45N6NaO10. The average molecular weight is 577 g/mol. The van der Waals surface area contributed by atoms with Gasteiger partial charge in [0.25, 0.3) is 0 Å². The van der Waals surface area contributed by atoms with Crippen LogP contribution in [0.3, 0.4) is 0 Å². The topological polar surface area (TPSA) is 236 Å². The smallest absolute Gasteiger partial charge is 0.391 e. The summed E-state index contributed by atoms with van der Waals surface area (Å²) in [5.74, 6) is 0. The first kappa shape index (κ1) is 42.7. The molecule has 0 amide bonds. The van der Waals surface area contributed by atoms with Crippen molar-refractivity contribution in [3.05, 3.63) is 26.4 Å². The summed E-state index contributed by atoms with van der Waals surface area (Å²) in [6.07, 6.45) is 2.03. The Morgan fingerprint density at radius 2 is 1.13 bits per heavy atom. The summed E-state index contributed by atoms with van der Waals surface area (Å²) in [7, 11) is 3.08. The Hall–Kier alpha value is -0.780. The molecule has 0 radical (unpaired) electrons. The van der Waals surface area contributed by atoms with Crippen LogP contribution in [0.2, 0.25) is 0 Å². The molecule has 224 valence electrons. The standard InChI is InChI=1S/C11H23N3O5.C11H22O5.N3.Na/c1-17-7-11(16)9-19-5-3-2-4-18-8-10(15)6-13-14-12;1-13-6-10(12)7-14-4-2-3-5-15-8-11-9-16-11;1-3-2;/h10-11,15-16H,2-9H2,1H3;10-12H,2-9H2,1H3;;/q;;-1;+1. The zero-order valence-electron chi connectivity index (χ0n) is 23.5. The predicted molar refractivity (Wildman–Crippen MR) is 137 cm³/mol. The van der Waals surface area contributed by atoms with E-state index in [2.05, 4.69) is 10.0 Å². The molecular weight excluding hydrogens is 531 g/mol. The van der Waals surface area contributed by atoms with E-state index in [0.717, 1.165) is 38.9 Å². The van der Waals surface area contributed by atoms with E-state index < -0.39 is 18.3 Å². The minimum atomic E-state index is -0.753. The first-order valence-electron chi connectivity index (χ1n) is 12.4. The van der Waals surface area contributed by atoms with Gasteiger partial charge < -0.3 is 59.5 Å². The molecule has 0 aromatic carbocycles. The third-order valence-corrected chi connectivity index (χ3v) is 4.37. The molecule has 1 aliphatic rings. The zero-order valence-corrected chi connectivity index (χ0v) is 25.5. The number of aliphatic hydroxyl groups is 3. The van der Waals surface area contributed by atoms with Crippen molar-refractivity contribution >= 4 is 0 Å². The fourth-order valence-corrected chi connectivity index (χ4v) is 2.52. The molecule has 0 spiro atoms. The van der Waals surface area contributed by atoms with E-state index in [9.17, 15) is 15.3 Å². The van der Waals surface area contributed by atoms with Crippen LogP contribution in [0.5, 0.6) is 0 Å². The van der Waals surface area contributed by atoms with Crippen LogP contribution in [0.15, 0.2) is 5.11 Å². The first-order valence-corrected chi connectivity index (χ1v) is 12.4. The van der Waals surface area contributed by atoms with Gasteiger partial charge in [-0.25, -0.2) is 0 Å². The number of rotatable bonds is 24. The maximum Gasteiger partial charge on any atom is 1.00 e. The Kier molecular flexibility index (Phi) is 38.6. The van der Waals surface area contributed by atoms with E-state index in [0.29, 0.717) is 45.7 Å². The monoisotopic (exact) mass is 576 g/mol. The van der Waals surface area contributed by atoms with Crippen molar-refractivity contribution < 1.29 is 78.0 Å². The number of azide groups is 1. The molecule has 1 aliphatic heterocycles. The summed E-state index contributed by atoms with van der Waals surface area (Å²) in [6.45, 7) is 5.41. The Bertz CT molecular complexity index is 586. The molecule has 17 heteroatoms. The molecule has 0 aromatic rings. The molecule has 3 N–H and O–H groups in total. The molecule has 0 aromatic heterocycles. The molecule has 16 nitrogen and oxygen atoms in total. The number of ether oxygens (including phenoxy) is 7. The molecule has 1 saturated heterocycles. The van der Waals surface area contributed by atoms with Crippen molar-refractivity contribution in [3.63, 3.8) is 0 Å². The van der Waals surface area contributed by atoms with Crippen molar-refractivity contribution in [2.45, 2.75) is 50.1 Å². The van der Waals surface area contributed by atoms with Crippen molar-refractivity contribution in [2.24, 2.45) is 5.11 Å². The molecule has 1 rings (SSSR count). The second-order valence-electron chi connectivity index (χ2n) is 8.04. The fraction of sp³-hybridized carbons (Fsp3) is 1.00. The zero-order chi connectivity index (χ0) is 28.7. The summed E-state index contributed by atoms with van der Waals surface area (Å²) in [5, 5.41) is 31.1. The Morgan fingerprint density at radius 1 is 0.744 bits per heavy atom. The van der Waals surface area contributed by atoms with Gasteiger partial charge in [0.2, 0.25) is 0 Å². The number of aliphatic hydroxyl groups excluding tert-OH is 3. The molecule has 0 saturated carbocycles. The molecule has 1 fully saturated rings. The van der Waals surface area contributed by atoms with Gasteiger partial charge in [0.05, 0.1) is 58.9 Å². The minimum absolute atomic E-state index is 0. The van der Waals surface area contributed by atoms with Crippen LogP contribution >= 0.6 is 0 Å². The number of methoxy groups -OCH3 is 2. The van der Waals surface area contributed by atoms with E-state index >= 15 is 0 Å². The normalized spacial score (nSPS) is 15.6. The molecule has 4 atom stereocenters. The van der Waals surface area contributed by atoms with E-state index in [-0.39, 0.29) is 55.9 Å². The predicted octanol–water partition coefficient (Wildman–Crippen LogP) is -1.45. The van der Waals surface area contributed by atoms with Crippen LogP contribution in [0.25, 0.3) is 26.4 Å². The summed E-state index contributed by atoms with van der Waals surface area (Å²) in [6, 6.07) is 0. The number of epoxide rings is 1. The number of hydrogen-bond donors (Lipinski definition) is 3. The summed E-state index contributed by atoms with van der Waals surface area (Å²) < 4.78 is 35.6. The van der Waals surface area contributed by atoms with E-state index in [1.165, 1.54) is 12.0 Å². The second-order valence-corrected chi connectivity index (χ2v) is 8.04. The fourth-order valence-electron chi connectivity index (χ4n) is 2.52. The number of hydrogen-bond acceptors (Lipinski definition) is 11. The van der Waals surface area contributed by atoms with Crippen LogP contribution in [0.4, 0.5) is 0 Å². The SMILES string of the molecule is COCC(O)COCCCCOCC(O)CN=[N+]=[N-].COCC(O)COCCCCOCC1CO1.[N-]=[N+]=[N-].[Na+]. The molecule has 4 unspecified atom stereocenters. The van der Waals surface area contributed by atoms with Crippen LogP contribution < -0.4 is 29.6 Å². The first-order chi connectivity index (χ1) is 18.4. The van der Waals surface area contributed by atoms with Gasteiger partial charge in [0.15, 0.2) is 0 Å². The maximum atomic E-state index is 9.29. The van der Waals surface area contributed by atoms with Crippen molar-refractivity contribution in [1.82, 2.24) is 0 Å². The number of unbranched alkanes of at least 4 members (excludes halogenated alkanes) is 2. The summed E-state index contributed by atoms with van der Waals surface area (Å²) >= 11 is 0. The van der Waals surface area contributed by atoms with Crippen LogP contribution in [0.1, 0.15) is 25.7 Å². The van der Waals surface area contributed by atoms with Gasteiger partial charge in [-0.2, -0.15) is 0 Å². The summed E-state index contributed by atoms with van der Waals surface area (Å²) in [5.41, 5.74) is 21.5. The summed E-state index contributed by atoms with van der Waals surface area (Å²) in [4.78, 5) is 4.04. The van der Waals surface area contributed by atoms with E-state index in [4.69, 9.17) is 49.8 Å². The molecule has 39 heavy (non-hydrogen) atoms. The van der Waals surface area contributed by atoms with Crippen LogP contribution in [-0.2, 0) is 33.2 Å².